The van der Waals surface area contributed by atoms with E-state index in [1.807, 2.05) is 0 Å². The smallest absolute Gasteiger partial charge is 0.249 e. The van der Waals surface area contributed by atoms with Gasteiger partial charge in [0.1, 0.15) is 30.5 Å². The number of hydrogen-bond donors (Lipinski definition) is 7. The average Bonchev–Trinajstić information content (AvgIpc) is 3.28. The predicted octanol–water partition coefficient (Wildman–Crippen LogP) is 11.7. The van der Waals surface area contributed by atoms with Crippen molar-refractivity contribution in [2.45, 2.75) is 320 Å². The number of aliphatic hydroxyl groups is 6. The summed E-state index contributed by atoms with van der Waals surface area (Å²) in [6, 6.07) is -0.888. The van der Waals surface area contributed by atoms with Crippen molar-refractivity contribution in [2.24, 2.45) is 0 Å². The number of amides is 1. The van der Waals surface area contributed by atoms with Gasteiger partial charge < -0.3 is 45.4 Å². The molecule has 1 saturated heterocycles. The lowest BCUT2D eigenvalue weighted by atomic mass is 9.99. The van der Waals surface area contributed by atoms with Gasteiger partial charge in [-0.15, -0.1) is 0 Å². The Balaban J connectivity index is 2.19. The van der Waals surface area contributed by atoms with Gasteiger partial charge in [-0.05, 0) is 12.8 Å². The van der Waals surface area contributed by atoms with Crippen LogP contribution in [0.2, 0.25) is 0 Å². The van der Waals surface area contributed by atoms with Crippen LogP contribution in [0, 0.1) is 0 Å². The fourth-order valence-electron chi connectivity index (χ4n) is 9.11. The van der Waals surface area contributed by atoms with Crippen LogP contribution in [0.5, 0.6) is 0 Å². The van der Waals surface area contributed by atoms with E-state index in [2.05, 4.69) is 19.2 Å². The topological polar surface area (TPSA) is 169 Å². The molecule has 1 aliphatic heterocycles. The molecule has 10 heteroatoms. The summed E-state index contributed by atoms with van der Waals surface area (Å²) in [7, 11) is 0. The third-order valence-electron chi connectivity index (χ3n) is 13.6. The summed E-state index contributed by atoms with van der Waals surface area (Å²) in [5.41, 5.74) is 0. The molecule has 0 aromatic rings. The number of rotatable bonds is 47. The van der Waals surface area contributed by atoms with Crippen LogP contribution in [0.25, 0.3) is 0 Å². The standard InChI is InChI=1S/C53H105NO9/c1-3-5-7-9-11-13-15-17-18-19-20-21-22-23-24-25-26-27-28-29-30-32-34-36-38-40-42-47(57)52(61)54-45(44-62-53-51(60)50(59)49(58)48(43-55)63-53)46(56)41-39-37-35-33-31-16-14-12-10-8-6-4-2/h45-51,53,55-60H,3-44H2,1-2H3,(H,54,61). The lowest BCUT2D eigenvalue weighted by Gasteiger charge is -2.40. The Bertz CT molecular complexity index is 973. The highest BCUT2D eigenvalue weighted by atomic mass is 16.7. The van der Waals surface area contributed by atoms with Gasteiger partial charge in [-0.25, -0.2) is 0 Å². The van der Waals surface area contributed by atoms with Crippen molar-refractivity contribution in [1.82, 2.24) is 5.32 Å². The first-order chi connectivity index (χ1) is 30.8. The van der Waals surface area contributed by atoms with Crippen molar-refractivity contribution in [3.63, 3.8) is 0 Å². The molecule has 1 rings (SSSR count). The third kappa shape index (κ3) is 33.3. The maximum absolute atomic E-state index is 13.1. The Morgan fingerprint density at radius 3 is 1.13 bits per heavy atom. The molecule has 1 aliphatic rings. The Labute approximate surface area is 387 Å². The Kier molecular flexibility index (Phi) is 41.7. The van der Waals surface area contributed by atoms with Gasteiger partial charge in [0.05, 0.1) is 25.4 Å². The number of ether oxygens (including phenoxy) is 2. The van der Waals surface area contributed by atoms with Crippen LogP contribution in [0.15, 0.2) is 0 Å². The molecule has 0 aromatic carbocycles. The van der Waals surface area contributed by atoms with Gasteiger partial charge in [0.25, 0.3) is 0 Å². The van der Waals surface area contributed by atoms with Crippen molar-refractivity contribution in [2.75, 3.05) is 13.2 Å². The zero-order valence-corrected chi connectivity index (χ0v) is 41.2. The largest absolute Gasteiger partial charge is 0.394 e. The Morgan fingerprint density at radius 1 is 0.476 bits per heavy atom. The van der Waals surface area contributed by atoms with Gasteiger partial charge in [0.2, 0.25) is 5.91 Å². The molecule has 0 saturated carbocycles. The number of unbranched alkanes of at least 4 members (excludes halogenated alkanes) is 36. The van der Waals surface area contributed by atoms with Gasteiger partial charge in [0.15, 0.2) is 6.29 Å². The van der Waals surface area contributed by atoms with Crippen LogP contribution in [-0.4, -0.2) is 98.7 Å². The van der Waals surface area contributed by atoms with E-state index >= 15 is 0 Å². The summed E-state index contributed by atoms with van der Waals surface area (Å²) < 4.78 is 11.2. The number of carbonyl (C=O) groups excluding carboxylic acids is 1. The molecule has 1 fully saturated rings. The highest BCUT2D eigenvalue weighted by Gasteiger charge is 2.44. The van der Waals surface area contributed by atoms with Gasteiger partial charge in [-0.1, -0.05) is 258 Å². The number of aliphatic hydroxyl groups excluding tert-OH is 6. The second-order valence-corrected chi connectivity index (χ2v) is 19.5. The molecule has 0 radical (unpaired) electrons. The van der Waals surface area contributed by atoms with Crippen LogP contribution in [0.1, 0.15) is 271 Å². The maximum Gasteiger partial charge on any atom is 0.249 e. The van der Waals surface area contributed by atoms with E-state index < -0.39 is 61.5 Å². The molecule has 8 unspecified atom stereocenters. The van der Waals surface area contributed by atoms with Gasteiger partial charge in [-0.3, -0.25) is 4.79 Å². The quantitative estimate of drug-likeness (QED) is 0.0294. The molecule has 1 heterocycles. The highest BCUT2D eigenvalue weighted by molar-refractivity contribution is 5.80. The summed E-state index contributed by atoms with van der Waals surface area (Å²) in [5.74, 6) is -0.578. The molecule has 376 valence electrons. The maximum atomic E-state index is 13.1. The monoisotopic (exact) mass is 900 g/mol. The zero-order valence-electron chi connectivity index (χ0n) is 41.2. The summed E-state index contributed by atoms with van der Waals surface area (Å²) in [6.45, 7) is 3.69. The van der Waals surface area contributed by atoms with Crippen LogP contribution in [0.3, 0.4) is 0 Å². The van der Waals surface area contributed by atoms with Gasteiger partial charge >= 0.3 is 0 Å². The van der Waals surface area contributed by atoms with Crippen molar-refractivity contribution in [3.05, 3.63) is 0 Å². The van der Waals surface area contributed by atoms with Crippen LogP contribution < -0.4 is 5.32 Å². The van der Waals surface area contributed by atoms with Crippen LogP contribution in [-0.2, 0) is 14.3 Å². The lowest BCUT2D eigenvalue weighted by Crippen LogP contribution is -2.60. The molecule has 8 atom stereocenters. The highest BCUT2D eigenvalue weighted by Crippen LogP contribution is 2.23. The molecule has 63 heavy (non-hydrogen) atoms. The molecule has 1 amide bonds. The lowest BCUT2D eigenvalue weighted by molar-refractivity contribution is -0.302. The summed E-state index contributed by atoms with van der Waals surface area (Å²) in [6.07, 6.45) is 40.3. The fourth-order valence-corrected chi connectivity index (χ4v) is 9.11. The number of carbonyl (C=O) groups is 1. The summed E-state index contributed by atoms with van der Waals surface area (Å²) in [4.78, 5) is 13.1. The van der Waals surface area contributed by atoms with Crippen molar-refractivity contribution >= 4 is 5.91 Å². The molecule has 0 bridgehead atoms. The number of hydrogen-bond acceptors (Lipinski definition) is 9. The normalized spacial score (nSPS) is 20.5. The Hall–Kier alpha value is -0.850. The summed E-state index contributed by atoms with van der Waals surface area (Å²) >= 11 is 0. The van der Waals surface area contributed by atoms with Crippen LogP contribution >= 0.6 is 0 Å². The van der Waals surface area contributed by atoms with Gasteiger partial charge in [0, 0.05) is 0 Å². The van der Waals surface area contributed by atoms with E-state index in [0.717, 1.165) is 44.9 Å². The van der Waals surface area contributed by atoms with E-state index in [-0.39, 0.29) is 6.61 Å². The first kappa shape index (κ1) is 60.2. The van der Waals surface area contributed by atoms with E-state index in [9.17, 15) is 35.4 Å². The van der Waals surface area contributed by atoms with E-state index in [4.69, 9.17) is 9.47 Å². The molecule has 0 spiro atoms. The second kappa shape index (κ2) is 43.7. The van der Waals surface area contributed by atoms with Crippen LogP contribution in [0.4, 0.5) is 0 Å². The van der Waals surface area contributed by atoms with Crippen molar-refractivity contribution < 1.29 is 44.9 Å². The average molecular weight is 900 g/mol. The van der Waals surface area contributed by atoms with E-state index in [0.29, 0.717) is 12.8 Å². The first-order valence-electron chi connectivity index (χ1n) is 27.3. The van der Waals surface area contributed by atoms with Crippen molar-refractivity contribution in [3.8, 4) is 0 Å². The fraction of sp³-hybridized carbons (Fsp3) is 0.981. The molecule has 0 aliphatic carbocycles. The molecule has 7 N–H and O–H groups in total. The Morgan fingerprint density at radius 2 is 0.794 bits per heavy atom. The van der Waals surface area contributed by atoms with Gasteiger partial charge in [-0.2, -0.15) is 0 Å². The van der Waals surface area contributed by atoms with E-state index in [1.165, 1.54) is 199 Å². The first-order valence-corrected chi connectivity index (χ1v) is 27.3. The van der Waals surface area contributed by atoms with Crippen molar-refractivity contribution in [1.29, 1.82) is 0 Å². The molecule has 10 nitrogen and oxygen atoms in total. The minimum absolute atomic E-state index is 0.250. The SMILES string of the molecule is CCCCCCCCCCCCCCCCCCCCCCCCCCCCC(O)C(=O)NC(COC1OC(CO)C(O)C(O)C1O)C(O)CCCCCCCCCCCCCC. The minimum atomic E-state index is -1.59. The molecular weight excluding hydrogens is 795 g/mol. The third-order valence-corrected chi connectivity index (χ3v) is 13.6. The number of nitrogens with one attached hydrogen (secondary N) is 1. The van der Waals surface area contributed by atoms with E-state index in [1.54, 1.807) is 0 Å². The second-order valence-electron chi connectivity index (χ2n) is 19.5. The predicted molar refractivity (Wildman–Crippen MR) is 260 cm³/mol. The summed E-state index contributed by atoms with van der Waals surface area (Å²) in [5, 5.41) is 65.0. The minimum Gasteiger partial charge on any atom is -0.394 e. The molecule has 0 aromatic heterocycles. The zero-order chi connectivity index (χ0) is 46.0. The molecular formula is C53H105NO9.